The molecule has 0 unspecified atom stereocenters. The van der Waals surface area contributed by atoms with Gasteiger partial charge in [-0.25, -0.2) is 0 Å². The van der Waals surface area contributed by atoms with Crippen LogP contribution in [0.25, 0.3) is 6.08 Å². The summed E-state index contributed by atoms with van der Waals surface area (Å²) in [5.41, 5.74) is 3.16. The third-order valence-electron chi connectivity index (χ3n) is 2.28. The fraction of sp³-hybridized carbons (Fsp3) is 0.250. The molecule has 2 heteroatoms. The molecule has 1 aromatic rings. The van der Waals surface area contributed by atoms with Crippen LogP contribution in [0, 0.1) is 11.3 Å². The van der Waals surface area contributed by atoms with E-state index in [1.165, 1.54) is 5.56 Å². The van der Waals surface area contributed by atoms with Gasteiger partial charge < -0.3 is 4.74 Å². The molecule has 0 fully saturated rings. The first-order valence-electron chi connectivity index (χ1n) is 4.70. The number of benzene rings is 1. The van der Waals surface area contributed by atoms with Crippen LogP contribution in [-0.4, -0.2) is 6.61 Å². The second-order valence-electron chi connectivity index (χ2n) is 3.25. The predicted octanol–water partition coefficient (Wildman–Crippen LogP) is 2.55. The number of fused-ring (bicyclic) bond motifs is 1. The van der Waals surface area contributed by atoms with Gasteiger partial charge in [0.25, 0.3) is 0 Å². The minimum atomic E-state index is 0.678. The summed E-state index contributed by atoms with van der Waals surface area (Å²) in [6.45, 7) is 2.64. The van der Waals surface area contributed by atoms with Gasteiger partial charge in [-0.1, -0.05) is 6.07 Å². The Kier molecular flexibility index (Phi) is 2.24. The van der Waals surface area contributed by atoms with Crippen LogP contribution in [0.2, 0.25) is 0 Å². The van der Waals surface area contributed by atoms with Crippen LogP contribution in [0.1, 0.15) is 18.1 Å². The van der Waals surface area contributed by atoms with Gasteiger partial charge in [-0.15, -0.1) is 0 Å². The van der Waals surface area contributed by atoms with E-state index < -0.39 is 0 Å². The molecule has 0 atom stereocenters. The molecule has 0 spiro atoms. The van der Waals surface area contributed by atoms with Crippen molar-refractivity contribution in [2.75, 3.05) is 6.61 Å². The molecule has 0 amide bonds. The van der Waals surface area contributed by atoms with E-state index in [-0.39, 0.29) is 0 Å². The van der Waals surface area contributed by atoms with Crippen LogP contribution >= 0.6 is 0 Å². The molecule has 14 heavy (non-hydrogen) atoms. The maximum Gasteiger partial charge on any atom is 0.119 e. The van der Waals surface area contributed by atoms with Crippen molar-refractivity contribution < 1.29 is 4.74 Å². The zero-order valence-electron chi connectivity index (χ0n) is 8.08. The first kappa shape index (κ1) is 8.83. The number of nitriles is 1. The highest BCUT2D eigenvalue weighted by Gasteiger charge is 2.12. The Hall–Kier alpha value is -1.75. The first-order chi connectivity index (χ1) is 6.83. The number of hydrogen-bond donors (Lipinski definition) is 0. The van der Waals surface area contributed by atoms with Crippen molar-refractivity contribution in [2.24, 2.45) is 0 Å². The summed E-state index contributed by atoms with van der Waals surface area (Å²) < 4.78 is 5.39. The van der Waals surface area contributed by atoms with Crippen LogP contribution in [0.4, 0.5) is 0 Å². The van der Waals surface area contributed by atoms with Crippen molar-refractivity contribution in [3.05, 3.63) is 34.9 Å². The lowest BCUT2D eigenvalue weighted by molar-refractivity contribution is 0.340. The molecule has 0 saturated heterocycles. The molecule has 0 radical (unpaired) electrons. The molecular formula is C12H11NO. The standard InChI is InChI=1S/C12H11NO/c1-2-14-12-4-3-10-5-9(8-13)6-11(10)7-12/h3-5,7H,2,6H2,1H3. The van der Waals surface area contributed by atoms with Gasteiger partial charge in [0, 0.05) is 12.0 Å². The highest BCUT2D eigenvalue weighted by molar-refractivity contribution is 5.68. The molecule has 0 heterocycles. The molecule has 0 aliphatic heterocycles. The molecule has 0 N–H and O–H groups in total. The van der Waals surface area contributed by atoms with Gasteiger partial charge in [-0.05, 0) is 36.3 Å². The van der Waals surface area contributed by atoms with Gasteiger partial charge in [-0.3, -0.25) is 0 Å². The number of hydrogen-bond acceptors (Lipinski definition) is 2. The second-order valence-corrected chi connectivity index (χ2v) is 3.25. The van der Waals surface area contributed by atoms with Crippen molar-refractivity contribution in [3.63, 3.8) is 0 Å². The molecule has 0 saturated carbocycles. The summed E-state index contributed by atoms with van der Waals surface area (Å²) in [7, 11) is 0. The minimum Gasteiger partial charge on any atom is -0.494 e. The third kappa shape index (κ3) is 1.49. The van der Waals surface area contributed by atoms with Gasteiger partial charge in [-0.2, -0.15) is 5.26 Å². The van der Waals surface area contributed by atoms with Crippen LogP contribution in [0.3, 0.4) is 0 Å². The quantitative estimate of drug-likeness (QED) is 0.709. The SMILES string of the molecule is CCOc1ccc2c(c1)CC(C#N)=C2. The number of ether oxygens (including phenoxy) is 1. The molecular weight excluding hydrogens is 174 g/mol. The van der Waals surface area contributed by atoms with Crippen molar-refractivity contribution in [2.45, 2.75) is 13.3 Å². The second kappa shape index (κ2) is 3.55. The molecule has 70 valence electrons. The molecule has 2 nitrogen and oxygen atoms in total. The fourth-order valence-corrected chi connectivity index (χ4v) is 1.65. The first-order valence-corrected chi connectivity index (χ1v) is 4.70. The highest BCUT2D eigenvalue weighted by atomic mass is 16.5. The van der Waals surface area contributed by atoms with Crippen LogP contribution in [0.5, 0.6) is 5.75 Å². The van der Waals surface area contributed by atoms with Crippen molar-refractivity contribution in [1.82, 2.24) is 0 Å². The lowest BCUT2D eigenvalue weighted by Gasteiger charge is -2.04. The summed E-state index contributed by atoms with van der Waals surface area (Å²) in [6, 6.07) is 8.14. The molecule has 0 bridgehead atoms. The average Bonchev–Trinajstić information content (AvgIpc) is 2.60. The summed E-state index contributed by atoms with van der Waals surface area (Å²) in [5, 5.41) is 8.76. The maximum absolute atomic E-state index is 8.76. The fourth-order valence-electron chi connectivity index (χ4n) is 1.65. The largest absolute Gasteiger partial charge is 0.494 e. The van der Waals surface area contributed by atoms with Gasteiger partial charge in [0.2, 0.25) is 0 Å². The number of allylic oxidation sites excluding steroid dienone is 1. The van der Waals surface area contributed by atoms with Crippen molar-refractivity contribution in [3.8, 4) is 11.8 Å². The zero-order chi connectivity index (χ0) is 9.97. The van der Waals surface area contributed by atoms with E-state index in [0.29, 0.717) is 6.61 Å². The maximum atomic E-state index is 8.76. The van der Waals surface area contributed by atoms with Gasteiger partial charge in [0.05, 0.1) is 12.7 Å². The van der Waals surface area contributed by atoms with Crippen LogP contribution in [0.15, 0.2) is 23.8 Å². The number of nitrogens with zero attached hydrogens (tertiary/aromatic N) is 1. The summed E-state index contributed by atoms with van der Waals surface area (Å²) in [5.74, 6) is 0.888. The molecule has 1 aliphatic carbocycles. The molecule has 1 aliphatic rings. The normalized spacial score (nSPS) is 13.0. The molecule has 1 aromatic carbocycles. The Balaban J connectivity index is 2.29. The lowest BCUT2D eigenvalue weighted by Crippen LogP contribution is -1.92. The van der Waals surface area contributed by atoms with E-state index in [0.717, 1.165) is 23.3 Å². The van der Waals surface area contributed by atoms with Crippen molar-refractivity contribution in [1.29, 1.82) is 5.26 Å². The Morgan fingerprint density at radius 3 is 3.07 bits per heavy atom. The molecule has 2 rings (SSSR count). The van der Waals surface area contributed by atoms with Crippen LogP contribution in [-0.2, 0) is 6.42 Å². The third-order valence-corrected chi connectivity index (χ3v) is 2.28. The number of rotatable bonds is 2. The summed E-state index contributed by atoms with van der Waals surface area (Å²) in [4.78, 5) is 0. The Morgan fingerprint density at radius 2 is 2.36 bits per heavy atom. The Labute approximate surface area is 83.4 Å². The van der Waals surface area contributed by atoms with Crippen LogP contribution < -0.4 is 4.74 Å². The predicted molar refractivity (Wildman–Crippen MR) is 54.9 cm³/mol. The highest BCUT2D eigenvalue weighted by Crippen LogP contribution is 2.27. The van der Waals surface area contributed by atoms with E-state index in [2.05, 4.69) is 6.07 Å². The average molecular weight is 185 g/mol. The van der Waals surface area contributed by atoms with E-state index in [4.69, 9.17) is 10.00 Å². The van der Waals surface area contributed by atoms with E-state index in [1.54, 1.807) is 0 Å². The summed E-state index contributed by atoms with van der Waals surface area (Å²) in [6.07, 6.45) is 2.68. The monoisotopic (exact) mass is 185 g/mol. The van der Waals surface area contributed by atoms with Crippen molar-refractivity contribution >= 4 is 6.08 Å². The smallest absolute Gasteiger partial charge is 0.119 e. The Bertz CT molecular complexity index is 426. The summed E-state index contributed by atoms with van der Waals surface area (Å²) >= 11 is 0. The van der Waals surface area contributed by atoms with E-state index >= 15 is 0 Å². The van der Waals surface area contributed by atoms with Gasteiger partial charge >= 0.3 is 0 Å². The molecule has 0 aromatic heterocycles. The van der Waals surface area contributed by atoms with E-state index in [9.17, 15) is 0 Å². The minimum absolute atomic E-state index is 0.678. The van der Waals surface area contributed by atoms with Gasteiger partial charge in [0.1, 0.15) is 5.75 Å². The van der Waals surface area contributed by atoms with Gasteiger partial charge in [0.15, 0.2) is 0 Å². The lowest BCUT2D eigenvalue weighted by atomic mass is 10.1. The zero-order valence-corrected chi connectivity index (χ0v) is 8.08. The topological polar surface area (TPSA) is 33.0 Å². The Morgan fingerprint density at radius 1 is 1.50 bits per heavy atom. The van der Waals surface area contributed by atoms with E-state index in [1.807, 2.05) is 31.2 Å².